The highest BCUT2D eigenvalue weighted by Crippen LogP contribution is 2.19. The number of hydrogen-bond acceptors (Lipinski definition) is 6. The Morgan fingerprint density at radius 1 is 1.30 bits per heavy atom. The molecule has 1 aliphatic rings. The molecular formula is C20H22ClNO5. The summed E-state index contributed by atoms with van der Waals surface area (Å²) in [6.45, 7) is 2.86. The van der Waals surface area contributed by atoms with Gasteiger partial charge in [-0.15, -0.1) is 0 Å². The summed E-state index contributed by atoms with van der Waals surface area (Å²) in [4.78, 5) is 17.0. The predicted octanol–water partition coefficient (Wildman–Crippen LogP) is 2.98. The van der Waals surface area contributed by atoms with Gasteiger partial charge in [-0.25, -0.2) is 0 Å². The number of β-amino-alcohol motifs (C(OH)–C–C–N with tert-alkyl or cyclic N) is 1. The third kappa shape index (κ3) is 5.94. The summed E-state index contributed by atoms with van der Waals surface area (Å²) in [5, 5.41) is 12.5. The largest absolute Gasteiger partial charge is 0.491 e. The molecule has 1 aliphatic heterocycles. The highest BCUT2D eigenvalue weighted by molar-refractivity contribution is 6.30. The van der Waals surface area contributed by atoms with Gasteiger partial charge in [-0.05, 0) is 43.3 Å². The van der Waals surface area contributed by atoms with Crippen molar-refractivity contribution < 1.29 is 24.2 Å². The van der Waals surface area contributed by atoms with E-state index < -0.39 is 6.10 Å². The van der Waals surface area contributed by atoms with E-state index in [0.29, 0.717) is 36.0 Å². The summed E-state index contributed by atoms with van der Waals surface area (Å²) < 4.78 is 11.4. The van der Waals surface area contributed by atoms with Crippen molar-refractivity contribution in [2.24, 2.45) is 0 Å². The van der Waals surface area contributed by atoms with E-state index in [-0.39, 0.29) is 18.5 Å². The summed E-state index contributed by atoms with van der Waals surface area (Å²) >= 11 is 5.86. The van der Waals surface area contributed by atoms with E-state index in [1.807, 2.05) is 12.1 Å². The zero-order chi connectivity index (χ0) is 19.2. The number of aliphatic hydroxyl groups excluding tert-OH is 1. The Labute approximate surface area is 163 Å². The van der Waals surface area contributed by atoms with Gasteiger partial charge < -0.3 is 14.6 Å². The first-order chi connectivity index (χ1) is 13.0. The van der Waals surface area contributed by atoms with E-state index in [1.54, 1.807) is 41.5 Å². The van der Waals surface area contributed by atoms with Crippen LogP contribution in [0.1, 0.15) is 17.3 Å². The maximum absolute atomic E-state index is 11.4. The molecule has 2 atom stereocenters. The summed E-state index contributed by atoms with van der Waals surface area (Å²) in [7, 11) is 0. The van der Waals surface area contributed by atoms with Crippen molar-refractivity contribution >= 4 is 17.4 Å². The van der Waals surface area contributed by atoms with E-state index in [4.69, 9.17) is 25.9 Å². The minimum absolute atomic E-state index is 0.0294. The number of benzene rings is 2. The Hall–Kier alpha value is -2.12. The number of halogens is 1. The molecule has 0 bridgehead atoms. The highest BCUT2D eigenvalue weighted by atomic mass is 35.5. The fourth-order valence-corrected chi connectivity index (χ4v) is 2.84. The molecule has 0 amide bonds. The molecule has 2 aromatic carbocycles. The van der Waals surface area contributed by atoms with Crippen molar-refractivity contribution in [2.75, 3.05) is 26.3 Å². The average molecular weight is 392 g/mol. The van der Waals surface area contributed by atoms with Crippen molar-refractivity contribution in [3.05, 3.63) is 59.1 Å². The van der Waals surface area contributed by atoms with E-state index >= 15 is 0 Å². The molecule has 27 heavy (non-hydrogen) atoms. The van der Waals surface area contributed by atoms with Gasteiger partial charge in [0, 0.05) is 10.6 Å². The second kappa shape index (κ2) is 9.19. The predicted molar refractivity (Wildman–Crippen MR) is 101 cm³/mol. The molecule has 1 saturated heterocycles. The zero-order valence-corrected chi connectivity index (χ0v) is 15.8. The monoisotopic (exact) mass is 391 g/mol. The zero-order valence-electron chi connectivity index (χ0n) is 15.0. The number of ether oxygens (including phenoxy) is 2. The summed E-state index contributed by atoms with van der Waals surface area (Å²) in [6, 6.07) is 14.1. The van der Waals surface area contributed by atoms with Gasteiger partial charge in [0.2, 0.25) is 0 Å². The first-order valence-corrected chi connectivity index (χ1v) is 9.09. The van der Waals surface area contributed by atoms with Gasteiger partial charge in [0.05, 0.1) is 13.1 Å². The summed E-state index contributed by atoms with van der Waals surface area (Å²) in [5.41, 5.74) is 0.576. The fourth-order valence-electron chi connectivity index (χ4n) is 2.71. The first kappa shape index (κ1) is 19.6. The summed E-state index contributed by atoms with van der Waals surface area (Å²) in [6.07, 6.45) is -0.855. The van der Waals surface area contributed by atoms with Crippen molar-refractivity contribution in [3.63, 3.8) is 0 Å². The van der Waals surface area contributed by atoms with Gasteiger partial charge in [-0.3, -0.25) is 9.63 Å². The van der Waals surface area contributed by atoms with Crippen LogP contribution in [0.15, 0.2) is 48.5 Å². The third-order valence-electron chi connectivity index (χ3n) is 4.06. The molecule has 1 fully saturated rings. The molecule has 1 heterocycles. The van der Waals surface area contributed by atoms with Crippen LogP contribution in [0, 0.1) is 0 Å². The molecule has 0 unspecified atom stereocenters. The second-order valence-corrected chi connectivity index (χ2v) is 6.82. The van der Waals surface area contributed by atoms with Crippen molar-refractivity contribution in [3.8, 4) is 11.5 Å². The van der Waals surface area contributed by atoms with Crippen LogP contribution in [-0.4, -0.2) is 54.5 Å². The molecule has 6 nitrogen and oxygen atoms in total. The van der Waals surface area contributed by atoms with Gasteiger partial charge in [0.15, 0.2) is 5.78 Å². The van der Waals surface area contributed by atoms with Gasteiger partial charge in [0.1, 0.15) is 36.9 Å². The van der Waals surface area contributed by atoms with Crippen molar-refractivity contribution in [1.29, 1.82) is 0 Å². The van der Waals surface area contributed by atoms with Gasteiger partial charge >= 0.3 is 0 Å². The molecule has 0 saturated carbocycles. The normalized spacial score (nSPS) is 18.3. The minimum Gasteiger partial charge on any atom is -0.491 e. The van der Waals surface area contributed by atoms with E-state index in [0.717, 1.165) is 5.75 Å². The molecule has 144 valence electrons. The number of aliphatic hydroxyl groups is 1. The first-order valence-electron chi connectivity index (χ1n) is 8.71. The number of nitrogens with zero attached hydrogens (tertiary/aromatic N) is 1. The van der Waals surface area contributed by atoms with Crippen LogP contribution in [0.5, 0.6) is 11.5 Å². The van der Waals surface area contributed by atoms with Crippen LogP contribution in [0.2, 0.25) is 5.02 Å². The minimum atomic E-state index is -0.736. The van der Waals surface area contributed by atoms with E-state index in [1.165, 1.54) is 6.92 Å². The van der Waals surface area contributed by atoms with Gasteiger partial charge in [-0.1, -0.05) is 23.7 Å². The van der Waals surface area contributed by atoms with Crippen LogP contribution in [-0.2, 0) is 4.84 Å². The standard InChI is InChI=1S/C20H22ClNO5/c1-14(23)15-3-2-4-19(9-15)25-12-17(24)10-22-11-20(13-26-22)27-18-7-5-16(21)6-8-18/h2-9,17,20,24H,10-13H2,1H3/t17-,20+/m0/s1. The number of Topliss-reactive ketones (excluding diaryl/α,β-unsaturated/α-hetero) is 1. The van der Waals surface area contributed by atoms with E-state index in [9.17, 15) is 9.90 Å². The maximum atomic E-state index is 11.4. The molecule has 7 heteroatoms. The number of hydrogen-bond donors (Lipinski definition) is 1. The van der Waals surface area contributed by atoms with Crippen LogP contribution in [0.25, 0.3) is 0 Å². The maximum Gasteiger partial charge on any atom is 0.159 e. The topological polar surface area (TPSA) is 68.2 Å². The molecule has 0 spiro atoms. The lowest BCUT2D eigenvalue weighted by molar-refractivity contribution is -0.131. The molecule has 2 aromatic rings. The van der Waals surface area contributed by atoms with Gasteiger partial charge in [-0.2, -0.15) is 5.06 Å². The quantitative estimate of drug-likeness (QED) is 0.698. The number of carbonyl (C=O) groups excluding carboxylic acids is 1. The Bertz CT molecular complexity index is 767. The second-order valence-electron chi connectivity index (χ2n) is 6.39. The Morgan fingerprint density at radius 2 is 2.07 bits per heavy atom. The molecule has 0 aromatic heterocycles. The van der Waals surface area contributed by atoms with Crippen LogP contribution in [0.3, 0.4) is 0 Å². The summed E-state index contributed by atoms with van der Waals surface area (Å²) in [5.74, 6) is 1.25. The fraction of sp³-hybridized carbons (Fsp3) is 0.350. The van der Waals surface area contributed by atoms with Crippen molar-refractivity contribution in [1.82, 2.24) is 5.06 Å². The Morgan fingerprint density at radius 3 is 2.81 bits per heavy atom. The van der Waals surface area contributed by atoms with Crippen LogP contribution in [0.4, 0.5) is 0 Å². The number of ketones is 1. The Kier molecular flexibility index (Phi) is 6.68. The number of hydroxylamine groups is 2. The van der Waals surface area contributed by atoms with Crippen molar-refractivity contribution in [2.45, 2.75) is 19.1 Å². The van der Waals surface area contributed by atoms with E-state index in [2.05, 4.69) is 0 Å². The third-order valence-corrected chi connectivity index (χ3v) is 4.32. The lowest BCUT2D eigenvalue weighted by Crippen LogP contribution is -2.34. The number of carbonyl (C=O) groups is 1. The van der Waals surface area contributed by atoms with Gasteiger partial charge in [0.25, 0.3) is 0 Å². The molecule has 3 rings (SSSR count). The average Bonchev–Trinajstić information content (AvgIpc) is 3.09. The molecule has 0 aliphatic carbocycles. The smallest absolute Gasteiger partial charge is 0.159 e. The molecule has 1 N–H and O–H groups in total. The van der Waals surface area contributed by atoms with Crippen LogP contribution >= 0.6 is 11.6 Å². The molecular weight excluding hydrogens is 370 g/mol. The number of rotatable bonds is 8. The van der Waals surface area contributed by atoms with Crippen LogP contribution < -0.4 is 9.47 Å². The molecule has 0 radical (unpaired) electrons. The lowest BCUT2D eigenvalue weighted by atomic mass is 10.1. The Balaban J connectivity index is 1.42. The lowest BCUT2D eigenvalue weighted by Gasteiger charge is -2.19. The highest BCUT2D eigenvalue weighted by Gasteiger charge is 2.27. The SMILES string of the molecule is CC(=O)c1cccc(OC[C@@H](O)CN2C[C@@H](Oc3ccc(Cl)cc3)CO2)c1.